The van der Waals surface area contributed by atoms with Gasteiger partial charge in [-0.3, -0.25) is 14.5 Å². The number of thioether (sulfide) groups is 1. The van der Waals surface area contributed by atoms with E-state index in [1.807, 2.05) is 0 Å². The summed E-state index contributed by atoms with van der Waals surface area (Å²) in [4.78, 5) is 39.0. The highest BCUT2D eigenvalue weighted by Crippen LogP contribution is 2.34. The second-order valence-electron chi connectivity index (χ2n) is 7.44. The van der Waals surface area contributed by atoms with Crippen molar-refractivity contribution >= 4 is 58.2 Å². The molecule has 0 spiro atoms. The van der Waals surface area contributed by atoms with Crippen LogP contribution in [-0.2, 0) is 4.79 Å². The highest BCUT2D eigenvalue weighted by molar-refractivity contribution is 8.18. The molecule has 7 nitrogen and oxygen atoms in total. The van der Waals surface area contributed by atoms with Crippen LogP contribution in [0.25, 0.3) is 6.08 Å². The van der Waals surface area contributed by atoms with Gasteiger partial charge in [0.15, 0.2) is 11.5 Å². The van der Waals surface area contributed by atoms with Crippen LogP contribution >= 0.6 is 35.0 Å². The van der Waals surface area contributed by atoms with Gasteiger partial charge in [-0.2, -0.15) is 0 Å². The van der Waals surface area contributed by atoms with E-state index in [0.717, 1.165) is 16.7 Å². The molecule has 0 unspecified atom stereocenters. The number of carbonyl (C=O) groups is 3. The van der Waals surface area contributed by atoms with E-state index in [-0.39, 0.29) is 29.0 Å². The highest BCUT2D eigenvalue weighted by Gasteiger charge is 2.34. The van der Waals surface area contributed by atoms with Crippen LogP contribution in [0.5, 0.6) is 17.2 Å². The average molecular weight is 544 g/mol. The molecule has 0 aliphatic carbocycles. The number of benzene rings is 3. The van der Waals surface area contributed by atoms with Crippen molar-refractivity contribution in [3.63, 3.8) is 0 Å². The average Bonchev–Trinajstić information content (AvgIpc) is 3.13. The van der Waals surface area contributed by atoms with Gasteiger partial charge in [0.2, 0.25) is 0 Å². The predicted octanol–water partition coefficient (Wildman–Crippen LogP) is 6.34. The lowest BCUT2D eigenvalue weighted by molar-refractivity contribution is -0.123. The predicted molar refractivity (Wildman–Crippen MR) is 139 cm³/mol. The van der Waals surface area contributed by atoms with Crippen LogP contribution in [0, 0.1) is 0 Å². The molecule has 0 bridgehead atoms. The molecule has 1 aliphatic heterocycles. The first-order valence-corrected chi connectivity index (χ1v) is 12.2. The molecule has 0 aromatic heterocycles. The second-order valence-corrected chi connectivity index (χ2v) is 9.31. The Labute approximate surface area is 221 Å². The number of imide groups is 1. The van der Waals surface area contributed by atoms with Crippen molar-refractivity contribution in [3.8, 4) is 17.2 Å². The topological polar surface area (TPSA) is 82.1 Å². The largest absolute Gasteiger partial charge is 0.493 e. The molecule has 1 fully saturated rings. The van der Waals surface area contributed by atoms with Gasteiger partial charge in [-0.25, -0.2) is 4.79 Å². The summed E-state index contributed by atoms with van der Waals surface area (Å²) in [6, 6.07) is 17.9. The number of methoxy groups -OCH3 is 1. The van der Waals surface area contributed by atoms with Crippen LogP contribution in [-0.4, -0.2) is 42.3 Å². The first-order valence-electron chi connectivity index (χ1n) is 10.6. The van der Waals surface area contributed by atoms with E-state index in [2.05, 4.69) is 0 Å². The standard InChI is InChI=1S/C26H19Cl2NO6S/c1-33-22-14-16(2-11-21(22)35-25(31)17-3-5-18(27)6-4-17)15-23-24(30)29(26(32)36-23)12-13-34-20-9-7-19(28)8-10-20/h2-11,14-15H,12-13H2,1H3/b23-15-. The number of rotatable bonds is 8. The summed E-state index contributed by atoms with van der Waals surface area (Å²) in [5.74, 6) is 0.108. The third kappa shape index (κ3) is 6.20. The molecule has 36 heavy (non-hydrogen) atoms. The molecule has 0 saturated carbocycles. The maximum atomic E-state index is 12.8. The van der Waals surface area contributed by atoms with Crippen LogP contribution in [0.3, 0.4) is 0 Å². The summed E-state index contributed by atoms with van der Waals surface area (Å²) in [6.45, 7) is 0.252. The van der Waals surface area contributed by atoms with Crippen molar-refractivity contribution in [1.82, 2.24) is 4.90 Å². The normalized spacial score (nSPS) is 14.3. The number of nitrogens with zero attached hydrogens (tertiary/aromatic N) is 1. The Morgan fingerprint density at radius 2 is 1.61 bits per heavy atom. The Morgan fingerprint density at radius 1 is 0.944 bits per heavy atom. The van der Waals surface area contributed by atoms with Gasteiger partial charge in [0, 0.05) is 10.0 Å². The Bertz CT molecular complexity index is 1330. The van der Waals surface area contributed by atoms with Crippen LogP contribution in [0.1, 0.15) is 15.9 Å². The maximum Gasteiger partial charge on any atom is 0.343 e. The van der Waals surface area contributed by atoms with Crippen LogP contribution < -0.4 is 14.2 Å². The lowest BCUT2D eigenvalue weighted by Crippen LogP contribution is -2.32. The van der Waals surface area contributed by atoms with Crippen molar-refractivity contribution in [1.29, 1.82) is 0 Å². The second kappa shape index (κ2) is 11.5. The van der Waals surface area contributed by atoms with E-state index >= 15 is 0 Å². The molecule has 0 atom stereocenters. The zero-order valence-corrected chi connectivity index (χ0v) is 21.2. The number of hydrogen-bond acceptors (Lipinski definition) is 7. The Hall–Kier alpha value is -3.46. The number of amides is 2. The van der Waals surface area contributed by atoms with E-state index < -0.39 is 11.9 Å². The lowest BCUT2D eigenvalue weighted by Gasteiger charge is -2.13. The van der Waals surface area contributed by atoms with Crippen molar-refractivity contribution in [2.45, 2.75) is 0 Å². The van der Waals surface area contributed by atoms with Gasteiger partial charge in [-0.1, -0.05) is 29.3 Å². The molecule has 0 radical (unpaired) electrons. The molecular weight excluding hydrogens is 525 g/mol. The monoisotopic (exact) mass is 543 g/mol. The number of esters is 1. The molecule has 3 aromatic rings. The van der Waals surface area contributed by atoms with Gasteiger partial charge in [0.05, 0.1) is 24.1 Å². The molecule has 1 heterocycles. The maximum absolute atomic E-state index is 12.8. The number of carbonyl (C=O) groups excluding carboxylic acids is 3. The van der Waals surface area contributed by atoms with E-state index in [9.17, 15) is 14.4 Å². The van der Waals surface area contributed by atoms with Crippen molar-refractivity contribution < 1.29 is 28.6 Å². The summed E-state index contributed by atoms with van der Waals surface area (Å²) in [5.41, 5.74) is 0.931. The van der Waals surface area contributed by atoms with Crippen LogP contribution in [0.15, 0.2) is 71.6 Å². The SMILES string of the molecule is COc1cc(/C=C2\SC(=O)N(CCOc3ccc(Cl)cc3)C2=O)ccc1OC(=O)c1ccc(Cl)cc1. The number of halogens is 2. The smallest absolute Gasteiger partial charge is 0.343 e. The van der Waals surface area contributed by atoms with Crippen LogP contribution in [0.2, 0.25) is 10.0 Å². The van der Waals surface area contributed by atoms with Crippen molar-refractivity contribution in [2.24, 2.45) is 0 Å². The van der Waals surface area contributed by atoms with Gasteiger partial charge in [-0.05, 0) is 84.1 Å². The minimum absolute atomic E-state index is 0.105. The molecule has 10 heteroatoms. The number of hydrogen-bond donors (Lipinski definition) is 0. The molecular formula is C26H19Cl2NO6S. The van der Waals surface area contributed by atoms with E-state index in [1.165, 1.54) is 7.11 Å². The van der Waals surface area contributed by atoms with E-state index in [1.54, 1.807) is 72.8 Å². The summed E-state index contributed by atoms with van der Waals surface area (Å²) in [7, 11) is 1.44. The minimum Gasteiger partial charge on any atom is -0.493 e. The van der Waals surface area contributed by atoms with Gasteiger partial charge in [0.25, 0.3) is 11.1 Å². The fourth-order valence-electron chi connectivity index (χ4n) is 3.23. The Morgan fingerprint density at radius 3 is 2.28 bits per heavy atom. The minimum atomic E-state index is -0.570. The zero-order chi connectivity index (χ0) is 25.7. The van der Waals surface area contributed by atoms with Crippen LogP contribution in [0.4, 0.5) is 4.79 Å². The van der Waals surface area contributed by atoms with Gasteiger partial charge in [-0.15, -0.1) is 0 Å². The van der Waals surface area contributed by atoms with Gasteiger partial charge < -0.3 is 14.2 Å². The first kappa shape index (κ1) is 25.6. The zero-order valence-electron chi connectivity index (χ0n) is 18.9. The Kier molecular flexibility index (Phi) is 8.20. The summed E-state index contributed by atoms with van der Waals surface area (Å²) in [6.07, 6.45) is 1.58. The summed E-state index contributed by atoms with van der Waals surface area (Å²) in [5, 5.41) is 0.709. The first-order chi connectivity index (χ1) is 17.3. The molecule has 4 rings (SSSR count). The molecule has 2 amide bonds. The number of ether oxygens (including phenoxy) is 3. The molecule has 1 saturated heterocycles. The van der Waals surface area contributed by atoms with Crippen molar-refractivity contribution in [3.05, 3.63) is 92.8 Å². The fraction of sp³-hybridized carbons (Fsp3) is 0.115. The Balaban J connectivity index is 1.41. The third-order valence-electron chi connectivity index (χ3n) is 5.04. The van der Waals surface area contributed by atoms with Gasteiger partial charge in [0.1, 0.15) is 12.4 Å². The quantitative estimate of drug-likeness (QED) is 0.186. The van der Waals surface area contributed by atoms with E-state index in [4.69, 9.17) is 37.4 Å². The van der Waals surface area contributed by atoms with E-state index in [0.29, 0.717) is 32.7 Å². The highest BCUT2D eigenvalue weighted by atomic mass is 35.5. The lowest BCUT2D eigenvalue weighted by atomic mass is 10.1. The molecule has 184 valence electrons. The van der Waals surface area contributed by atoms with Crippen molar-refractivity contribution in [2.75, 3.05) is 20.3 Å². The molecule has 0 N–H and O–H groups in total. The fourth-order valence-corrected chi connectivity index (χ4v) is 4.35. The summed E-state index contributed by atoms with van der Waals surface area (Å²) >= 11 is 12.6. The molecule has 1 aliphatic rings. The van der Waals surface area contributed by atoms with Gasteiger partial charge >= 0.3 is 5.97 Å². The molecule has 3 aromatic carbocycles. The summed E-state index contributed by atoms with van der Waals surface area (Å²) < 4.78 is 16.4. The third-order valence-corrected chi connectivity index (χ3v) is 6.45.